The van der Waals surface area contributed by atoms with Gasteiger partial charge in [-0.05, 0) is 25.7 Å². The first-order valence-corrected chi connectivity index (χ1v) is 20.0. The molecule has 0 amide bonds. The molecule has 1 unspecified atom stereocenters. The molecule has 0 spiro atoms. The van der Waals surface area contributed by atoms with Crippen molar-refractivity contribution >= 4 is 0 Å². The quantitative estimate of drug-likeness (QED) is 0.0690. The summed E-state index contributed by atoms with van der Waals surface area (Å²) in [5.74, 6) is 0. The molecule has 42 heavy (non-hydrogen) atoms. The minimum absolute atomic E-state index is 0.640. The molecule has 0 aromatic carbocycles. The van der Waals surface area contributed by atoms with Crippen molar-refractivity contribution in [2.45, 2.75) is 232 Å². The molecule has 1 heterocycles. The lowest BCUT2D eigenvalue weighted by Crippen LogP contribution is -2.39. The van der Waals surface area contributed by atoms with E-state index in [1.807, 2.05) is 0 Å². The molecule has 0 bridgehead atoms. The van der Waals surface area contributed by atoms with Crippen LogP contribution in [0, 0.1) is 0 Å². The van der Waals surface area contributed by atoms with Gasteiger partial charge in [0, 0.05) is 25.5 Å². The molecule has 2 heteroatoms. The first kappa shape index (κ1) is 39.4. The maximum absolute atomic E-state index is 2.72. The molecule has 250 valence electrons. The van der Waals surface area contributed by atoms with E-state index in [0.717, 1.165) is 0 Å². The van der Waals surface area contributed by atoms with Crippen LogP contribution in [0.15, 0.2) is 12.4 Å². The Morgan fingerprint density at radius 1 is 0.310 bits per heavy atom. The maximum atomic E-state index is 2.72. The van der Waals surface area contributed by atoms with Crippen molar-refractivity contribution in [1.29, 1.82) is 0 Å². The SMILES string of the molecule is CCCCCCCCCCCCCCCCCN1C=CN(CCCCCCCCCCC)C1CCCCCCCCC. The third-order valence-corrected chi connectivity index (χ3v) is 9.82. The van der Waals surface area contributed by atoms with Crippen molar-refractivity contribution < 1.29 is 0 Å². The minimum Gasteiger partial charge on any atom is -0.356 e. The Morgan fingerprint density at radius 2 is 0.548 bits per heavy atom. The van der Waals surface area contributed by atoms with Gasteiger partial charge >= 0.3 is 0 Å². The molecule has 0 aromatic rings. The molecular formula is C40H80N2. The van der Waals surface area contributed by atoms with Crippen LogP contribution >= 0.6 is 0 Å². The van der Waals surface area contributed by atoms with Crippen molar-refractivity contribution in [2.75, 3.05) is 13.1 Å². The van der Waals surface area contributed by atoms with Crippen LogP contribution in [0.4, 0.5) is 0 Å². The van der Waals surface area contributed by atoms with Gasteiger partial charge in [0.2, 0.25) is 0 Å². The van der Waals surface area contributed by atoms with Crippen molar-refractivity contribution in [3.8, 4) is 0 Å². The molecule has 1 rings (SSSR count). The normalized spacial score (nSPS) is 15.0. The zero-order valence-corrected chi connectivity index (χ0v) is 29.7. The molecule has 0 saturated heterocycles. The topological polar surface area (TPSA) is 6.48 Å². The van der Waals surface area contributed by atoms with E-state index in [0.29, 0.717) is 6.17 Å². The Hall–Kier alpha value is -0.660. The fourth-order valence-electron chi connectivity index (χ4n) is 6.89. The van der Waals surface area contributed by atoms with Crippen LogP contribution in [0.25, 0.3) is 0 Å². The van der Waals surface area contributed by atoms with Gasteiger partial charge in [0.25, 0.3) is 0 Å². The highest BCUT2D eigenvalue weighted by molar-refractivity contribution is 4.97. The number of rotatable bonds is 34. The lowest BCUT2D eigenvalue weighted by atomic mass is 10.0. The van der Waals surface area contributed by atoms with Crippen LogP contribution in [-0.4, -0.2) is 29.1 Å². The molecule has 0 saturated carbocycles. The largest absolute Gasteiger partial charge is 0.356 e. The lowest BCUT2D eigenvalue weighted by molar-refractivity contribution is 0.135. The third-order valence-electron chi connectivity index (χ3n) is 9.82. The van der Waals surface area contributed by atoms with E-state index >= 15 is 0 Å². The predicted octanol–water partition coefficient (Wildman–Crippen LogP) is 13.9. The average Bonchev–Trinajstić information content (AvgIpc) is 3.38. The van der Waals surface area contributed by atoms with E-state index in [2.05, 4.69) is 43.0 Å². The smallest absolute Gasteiger partial charge is 0.101 e. The molecule has 2 nitrogen and oxygen atoms in total. The third kappa shape index (κ3) is 23.8. The maximum Gasteiger partial charge on any atom is 0.101 e. The Kier molecular flexibility index (Phi) is 29.8. The summed E-state index contributed by atoms with van der Waals surface area (Å²) in [4.78, 5) is 5.43. The highest BCUT2D eigenvalue weighted by atomic mass is 15.4. The minimum atomic E-state index is 0.640. The van der Waals surface area contributed by atoms with Crippen molar-refractivity contribution in [3.63, 3.8) is 0 Å². The van der Waals surface area contributed by atoms with Crippen LogP contribution in [0.3, 0.4) is 0 Å². The fourth-order valence-corrected chi connectivity index (χ4v) is 6.89. The number of nitrogens with zero attached hydrogens (tertiary/aromatic N) is 2. The van der Waals surface area contributed by atoms with Gasteiger partial charge in [0.15, 0.2) is 0 Å². The molecule has 0 aromatic heterocycles. The van der Waals surface area contributed by atoms with Crippen LogP contribution in [0.5, 0.6) is 0 Å². The summed E-state index contributed by atoms with van der Waals surface area (Å²) in [6, 6.07) is 0. The Balaban J connectivity index is 2.16. The van der Waals surface area contributed by atoms with Crippen LogP contribution in [0.1, 0.15) is 226 Å². The predicted molar refractivity (Wildman–Crippen MR) is 191 cm³/mol. The van der Waals surface area contributed by atoms with Gasteiger partial charge in [-0.2, -0.15) is 0 Å². The van der Waals surface area contributed by atoms with Crippen molar-refractivity contribution in [2.24, 2.45) is 0 Å². The van der Waals surface area contributed by atoms with E-state index in [9.17, 15) is 0 Å². The highest BCUT2D eigenvalue weighted by Crippen LogP contribution is 2.24. The summed E-state index contributed by atoms with van der Waals surface area (Å²) >= 11 is 0. The summed E-state index contributed by atoms with van der Waals surface area (Å²) in [5, 5.41) is 0. The summed E-state index contributed by atoms with van der Waals surface area (Å²) in [7, 11) is 0. The van der Waals surface area contributed by atoms with Gasteiger partial charge in [-0.3, -0.25) is 0 Å². The highest BCUT2D eigenvalue weighted by Gasteiger charge is 2.24. The standard InChI is InChI=1S/C40H80N2/c1-4-7-10-13-16-18-19-20-21-22-23-25-28-31-34-37-42-39-38-41(36-33-30-27-24-17-14-11-8-5-2)40(42)35-32-29-26-15-12-9-6-3/h38-40H,4-37H2,1-3H3. The molecule has 1 aliphatic heterocycles. The Morgan fingerprint density at radius 3 is 0.833 bits per heavy atom. The first-order valence-electron chi connectivity index (χ1n) is 20.0. The second-order valence-corrected chi connectivity index (χ2v) is 13.9. The molecule has 1 atom stereocenters. The van der Waals surface area contributed by atoms with Gasteiger partial charge < -0.3 is 9.80 Å². The van der Waals surface area contributed by atoms with Crippen LogP contribution < -0.4 is 0 Å². The Labute approximate surface area is 267 Å². The molecular weight excluding hydrogens is 508 g/mol. The number of unbranched alkanes of at least 4 members (excludes halogenated alkanes) is 28. The molecule has 0 N–H and O–H groups in total. The Bertz CT molecular complexity index is 544. The fraction of sp³-hybridized carbons (Fsp3) is 0.950. The molecule has 1 aliphatic rings. The summed E-state index contributed by atoms with van der Waals surface area (Å²) in [5.41, 5.74) is 0. The molecule has 0 radical (unpaired) electrons. The summed E-state index contributed by atoms with van der Waals surface area (Å²) < 4.78 is 0. The molecule has 0 fully saturated rings. The monoisotopic (exact) mass is 589 g/mol. The average molecular weight is 589 g/mol. The van der Waals surface area contributed by atoms with Gasteiger partial charge in [-0.15, -0.1) is 0 Å². The molecule has 0 aliphatic carbocycles. The number of hydrogen-bond donors (Lipinski definition) is 0. The lowest BCUT2D eigenvalue weighted by Gasteiger charge is -2.33. The second-order valence-electron chi connectivity index (χ2n) is 13.9. The first-order chi connectivity index (χ1) is 20.8. The van der Waals surface area contributed by atoms with E-state index < -0.39 is 0 Å². The van der Waals surface area contributed by atoms with Crippen molar-refractivity contribution in [3.05, 3.63) is 12.4 Å². The zero-order chi connectivity index (χ0) is 30.2. The van der Waals surface area contributed by atoms with E-state index in [-0.39, 0.29) is 0 Å². The van der Waals surface area contributed by atoms with E-state index in [1.54, 1.807) is 0 Å². The van der Waals surface area contributed by atoms with E-state index in [1.165, 1.54) is 219 Å². The van der Waals surface area contributed by atoms with Gasteiger partial charge in [0.05, 0.1) is 0 Å². The van der Waals surface area contributed by atoms with Gasteiger partial charge in [0.1, 0.15) is 6.17 Å². The van der Waals surface area contributed by atoms with Crippen LogP contribution in [-0.2, 0) is 0 Å². The second kappa shape index (κ2) is 31.8. The van der Waals surface area contributed by atoms with Crippen molar-refractivity contribution in [1.82, 2.24) is 9.80 Å². The van der Waals surface area contributed by atoms with Crippen LogP contribution in [0.2, 0.25) is 0 Å². The summed E-state index contributed by atoms with van der Waals surface area (Å²) in [6.07, 6.45) is 51.4. The van der Waals surface area contributed by atoms with Gasteiger partial charge in [-0.25, -0.2) is 0 Å². The summed E-state index contributed by atoms with van der Waals surface area (Å²) in [6.45, 7) is 9.48. The van der Waals surface area contributed by atoms with Gasteiger partial charge in [-0.1, -0.05) is 201 Å². The zero-order valence-electron chi connectivity index (χ0n) is 29.7. The van der Waals surface area contributed by atoms with E-state index in [4.69, 9.17) is 0 Å². The number of hydrogen-bond acceptors (Lipinski definition) is 2.